The molecule has 8 nitrogen and oxygen atoms in total. The molecule has 0 atom stereocenters. The fraction of sp³-hybridized carbons (Fsp3) is 0.533. The minimum absolute atomic E-state index is 0.00886. The number of rotatable bonds is 3. The highest BCUT2D eigenvalue weighted by Gasteiger charge is 2.27. The monoisotopic (exact) mass is 321 g/mol. The lowest BCUT2D eigenvalue weighted by atomic mass is 10.0. The average molecular weight is 321 g/mol. The van der Waals surface area contributed by atoms with E-state index in [0.29, 0.717) is 13.1 Å². The van der Waals surface area contributed by atoms with Crippen LogP contribution in [0.5, 0.6) is 0 Å². The molecule has 1 amide bonds. The van der Waals surface area contributed by atoms with Crippen molar-refractivity contribution in [2.75, 3.05) is 13.1 Å². The molecule has 8 heteroatoms. The van der Waals surface area contributed by atoms with E-state index in [9.17, 15) is 25.0 Å². The Morgan fingerprint density at radius 1 is 0.957 bits per heavy atom. The van der Waals surface area contributed by atoms with E-state index < -0.39 is 21.2 Å². The van der Waals surface area contributed by atoms with E-state index in [-0.39, 0.29) is 17.0 Å². The summed E-state index contributed by atoms with van der Waals surface area (Å²) in [5.74, 6) is -0.377. The van der Waals surface area contributed by atoms with E-state index in [4.69, 9.17) is 0 Å². The summed E-state index contributed by atoms with van der Waals surface area (Å²) in [4.78, 5) is 35.1. The number of hydrogen-bond acceptors (Lipinski definition) is 5. The molecule has 0 radical (unpaired) electrons. The first-order valence-corrected chi connectivity index (χ1v) is 7.64. The number of nitrogens with zero attached hydrogens (tertiary/aromatic N) is 3. The maximum atomic E-state index is 12.6. The van der Waals surface area contributed by atoms with Crippen LogP contribution >= 0.6 is 0 Å². The molecule has 1 saturated heterocycles. The van der Waals surface area contributed by atoms with Gasteiger partial charge in [0.2, 0.25) is 0 Å². The van der Waals surface area contributed by atoms with Crippen LogP contribution in [0.15, 0.2) is 12.1 Å². The molecule has 1 fully saturated rings. The number of likely N-dealkylation sites (tertiary alicyclic amines) is 1. The first-order chi connectivity index (χ1) is 10.9. The SMILES string of the molecule is Cc1c([N+](=O)[O-])cc(C(=O)N2CCCCCCC2)cc1[N+](=O)[O-]. The van der Waals surface area contributed by atoms with Gasteiger partial charge in [0, 0.05) is 25.2 Å². The Labute approximate surface area is 133 Å². The molecule has 1 aliphatic heterocycles. The van der Waals surface area contributed by atoms with Crippen LogP contribution in [0.25, 0.3) is 0 Å². The van der Waals surface area contributed by atoms with Gasteiger partial charge in [0.1, 0.15) is 5.56 Å². The van der Waals surface area contributed by atoms with Crippen molar-refractivity contribution in [3.05, 3.63) is 43.5 Å². The molecule has 1 aromatic rings. The normalized spacial score (nSPS) is 15.6. The maximum Gasteiger partial charge on any atom is 0.279 e. The molecule has 0 aromatic heterocycles. The number of nitro groups is 2. The van der Waals surface area contributed by atoms with Gasteiger partial charge in [0.25, 0.3) is 17.3 Å². The van der Waals surface area contributed by atoms with Crippen molar-refractivity contribution < 1.29 is 14.6 Å². The Morgan fingerprint density at radius 2 is 1.39 bits per heavy atom. The highest BCUT2D eigenvalue weighted by atomic mass is 16.6. The van der Waals surface area contributed by atoms with Crippen molar-refractivity contribution in [3.8, 4) is 0 Å². The van der Waals surface area contributed by atoms with Gasteiger partial charge < -0.3 is 4.90 Å². The van der Waals surface area contributed by atoms with E-state index in [1.165, 1.54) is 6.92 Å². The third kappa shape index (κ3) is 3.82. The van der Waals surface area contributed by atoms with E-state index in [0.717, 1.165) is 44.2 Å². The van der Waals surface area contributed by atoms with Crippen molar-refractivity contribution in [3.63, 3.8) is 0 Å². The molecule has 1 heterocycles. The molecule has 2 rings (SSSR count). The minimum atomic E-state index is -0.688. The lowest BCUT2D eigenvalue weighted by Crippen LogP contribution is -2.33. The van der Waals surface area contributed by atoms with Crippen molar-refractivity contribution in [1.29, 1.82) is 0 Å². The van der Waals surface area contributed by atoms with E-state index in [1.807, 2.05) is 0 Å². The average Bonchev–Trinajstić information content (AvgIpc) is 2.45. The van der Waals surface area contributed by atoms with Gasteiger partial charge in [-0.3, -0.25) is 25.0 Å². The fourth-order valence-corrected chi connectivity index (χ4v) is 2.82. The second-order valence-corrected chi connectivity index (χ2v) is 5.71. The summed E-state index contributed by atoms with van der Waals surface area (Å²) in [6.45, 7) is 2.48. The van der Waals surface area contributed by atoms with Gasteiger partial charge in [-0.25, -0.2) is 0 Å². The van der Waals surface area contributed by atoms with Crippen LogP contribution in [-0.4, -0.2) is 33.7 Å². The Balaban J connectivity index is 2.38. The molecular formula is C15H19N3O5. The van der Waals surface area contributed by atoms with Crippen LogP contribution in [0.1, 0.15) is 48.0 Å². The molecule has 0 bridgehead atoms. The summed E-state index contributed by atoms with van der Waals surface area (Å²) < 4.78 is 0. The van der Waals surface area contributed by atoms with Gasteiger partial charge in [-0.2, -0.15) is 0 Å². The highest BCUT2D eigenvalue weighted by Crippen LogP contribution is 2.30. The predicted octanol–water partition coefficient (Wildman–Crippen LogP) is 3.22. The van der Waals surface area contributed by atoms with Crippen LogP contribution in [-0.2, 0) is 0 Å². The first-order valence-electron chi connectivity index (χ1n) is 7.64. The third-order valence-corrected chi connectivity index (χ3v) is 4.14. The smallest absolute Gasteiger partial charge is 0.279 e. The lowest BCUT2D eigenvalue weighted by Gasteiger charge is -2.24. The summed E-state index contributed by atoms with van der Waals surface area (Å²) >= 11 is 0. The Kier molecular flexibility index (Phi) is 5.25. The van der Waals surface area contributed by atoms with Crippen molar-refractivity contribution >= 4 is 17.3 Å². The number of nitro benzene ring substituents is 2. The second-order valence-electron chi connectivity index (χ2n) is 5.71. The number of hydrogen-bond donors (Lipinski definition) is 0. The lowest BCUT2D eigenvalue weighted by molar-refractivity contribution is -0.395. The number of benzene rings is 1. The molecule has 23 heavy (non-hydrogen) atoms. The molecule has 1 aliphatic rings. The van der Waals surface area contributed by atoms with Gasteiger partial charge >= 0.3 is 0 Å². The zero-order valence-corrected chi connectivity index (χ0v) is 13.0. The molecule has 0 spiro atoms. The van der Waals surface area contributed by atoms with Crippen LogP contribution < -0.4 is 0 Å². The molecule has 0 unspecified atom stereocenters. The summed E-state index contributed by atoms with van der Waals surface area (Å²) in [7, 11) is 0. The zero-order valence-electron chi connectivity index (χ0n) is 13.0. The Morgan fingerprint density at radius 3 is 1.83 bits per heavy atom. The second kappa shape index (κ2) is 7.17. The van der Waals surface area contributed by atoms with Gasteiger partial charge in [-0.05, 0) is 19.8 Å². The molecule has 0 aliphatic carbocycles. The van der Waals surface area contributed by atoms with Crippen molar-refractivity contribution in [2.45, 2.75) is 39.0 Å². The van der Waals surface area contributed by atoms with Gasteiger partial charge in [-0.15, -0.1) is 0 Å². The molecule has 0 N–H and O–H groups in total. The summed E-state index contributed by atoms with van der Waals surface area (Å²) in [6.07, 6.45) is 4.98. The van der Waals surface area contributed by atoms with Crippen LogP contribution in [0.3, 0.4) is 0 Å². The van der Waals surface area contributed by atoms with Gasteiger partial charge in [0.15, 0.2) is 0 Å². The maximum absolute atomic E-state index is 12.6. The largest absolute Gasteiger partial charge is 0.339 e. The Bertz CT molecular complexity index is 601. The van der Waals surface area contributed by atoms with Crippen LogP contribution in [0, 0.1) is 27.2 Å². The molecule has 0 saturated carbocycles. The highest BCUT2D eigenvalue weighted by molar-refractivity contribution is 5.96. The minimum Gasteiger partial charge on any atom is -0.339 e. The van der Waals surface area contributed by atoms with Crippen molar-refractivity contribution in [2.24, 2.45) is 0 Å². The molecule has 1 aromatic carbocycles. The first kappa shape index (κ1) is 16.9. The number of carbonyl (C=O) groups is 1. The third-order valence-electron chi connectivity index (χ3n) is 4.14. The Hall–Kier alpha value is -2.51. The number of carbonyl (C=O) groups excluding carboxylic acids is 1. The summed E-state index contributed by atoms with van der Waals surface area (Å²) in [5.41, 5.74) is -0.817. The summed E-state index contributed by atoms with van der Waals surface area (Å²) in [5, 5.41) is 22.2. The zero-order chi connectivity index (χ0) is 17.0. The fourth-order valence-electron chi connectivity index (χ4n) is 2.82. The topological polar surface area (TPSA) is 107 Å². The van der Waals surface area contributed by atoms with Crippen molar-refractivity contribution in [1.82, 2.24) is 4.90 Å². The van der Waals surface area contributed by atoms with Gasteiger partial charge in [-0.1, -0.05) is 19.3 Å². The molecular weight excluding hydrogens is 302 g/mol. The standard InChI is InChI=1S/C15H19N3O5/c1-11-13(17(20)21)9-12(10-14(11)18(22)23)15(19)16-7-5-3-2-4-6-8-16/h9-10H,2-8H2,1H3. The summed E-state index contributed by atoms with van der Waals surface area (Å²) in [6, 6.07) is 2.28. The van der Waals surface area contributed by atoms with E-state index in [2.05, 4.69) is 0 Å². The predicted molar refractivity (Wildman–Crippen MR) is 83.5 cm³/mol. The van der Waals surface area contributed by atoms with E-state index in [1.54, 1.807) is 4.90 Å². The number of amides is 1. The van der Waals surface area contributed by atoms with E-state index >= 15 is 0 Å². The quantitative estimate of drug-likeness (QED) is 0.627. The molecule has 124 valence electrons. The van der Waals surface area contributed by atoms with Gasteiger partial charge in [0.05, 0.1) is 15.4 Å². The van der Waals surface area contributed by atoms with Crippen LogP contribution in [0.2, 0.25) is 0 Å². The van der Waals surface area contributed by atoms with Crippen LogP contribution in [0.4, 0.5) is 11.4 Å².